The lowest BCUT2D eigenvalue weighted by Crippen LogP contribution is -2.61. The number of allylic oxidation sites excluding steroid dienone is 1. The molecule has 0 unspecified atom stereocenters. The lowest BCUT2D eigenvalue weighted by Gasteiger charge is -2.67. The minimum absolute atomic E-state index is 0.0504. The molecule has 66 heavy (non-hydrogen) atoms. The number of ketones is 1. The maximum absolute atomic E-state index is 12.4. The number of hydrogen-bond donors (Lipinski definition) is 0. The van der Waals surface area contributed by atoms with Crippen LogP contribution in [0.15, 0.2) is 121 Å². The van der Waals surface area contributed by atoms with Crippen molar-refractivity contribution >= 4 is 17.1 Å². The summed E-state index contributed by atoms with van der Waals surface area (Å²) in [5, 5.41) is 0. The van der Waals surface area contributed by atoms with Gasteiger partial charge in [0.15, 0.2) is 5.78 Å². The smallest absolute Gasteiger partial charge is 0.162 e. The summed E-state index contributed by atoms with van der Waals surface area (Å²) in [6.07, 6.45) is 18.8. The lowest BCUT2D eigenvalue weighted by atomic mass is 9.36. The molecule has 4 fully saturated rings. The van der Waals surface area contributed by atoms with Crippen LogP contribution < -0.4 is 0 Å². The van der Waals surface area contributed by atoms with E-state index in [2.05, 4.69) is 150 Å². The van der Waals surface area contributed by atoms with Crippen molar-refractivity contribution in [1.82, 2.24) is 0 Å². The summed E-state index contributed by atoms with van der Waals surface area (Å²) < 4.78 is 0. The molecule has 0 N–H and O–H groups in total. The van der Waals surface area contributed by atoms with Gasteiger partial charge in [-0.3, -0.25) is 4.79 Å². The first kappa shape index (κ1) is 42.6. The number of carbonyl (C=O) groups excluding carboxylic acids is 1. The van der Waals surface area contributed by atoms with Crippen molar-refractivity contribution < 1.29 is 4.79 Å². The highest BCUT2D eigenvalue weighted by molar-refractivity contribution is 7.18. The third-order valence-corrected chi connectivity index (χ3v) is 21.2. The number of aryl methyl sites for hydroxylation is 1. The van der Waals surface area contributed by atoms with Crippen LogP contribution in [-0.4, -0.2) is 5.78 Å². The third kappa shape index (κ3) is 5.43. The van der Waals surface area contributed by atoms with Crippen molar-refractivity contribution in [3.05, 3.63) is 155 Å². The molecule has 0 radical (unpaired) electrons. The van der Waals surface area contributed by atoms with Crippen LogP contribution in [0.1, 0.15) is 158 Å². The molecule has 6 aliphatic carbocycles. The van der Waals surface area contributed by atoms with E-state index < -0.39 is 0 Å². The zero-order chi connectivity index (χ0) is 45.4. The van der Waals surface area contributed by atoms with E-state index in [1.807, 2.05) is 11.3 Å². The Kier molecular flexibility index (Phi) is 9.58. The number of hydrogen-bond acceptors (Lipinski definition) is 2. The van der Waals surface area contributed by atoms with Crippen molar-refractivity contribution in [1.29, 1.82) is 0 Å². The number of benzene rings is 5. The van der Waals surface area contributed by atoms with Gasteiger partial charge in [0, 0.05) is 27.0 Å². The van der Waals surface area contributed by atoms with Gasteiger partial charge in [-0.2, -0.15) is 0 Å². The second-order valence-electron chi connectivity index (χ2n) is 22.9. The van der Waals surface area contributed by atoms with Gasteiger partial charge in [-0.15, -0.1) is 11.3 Å². The predicted octanol–water partition coefficient (Wildman–Crippen LogP) is 17.8. The van der Waals surface area contributed by atoms with E-state index in [0.717, 1.165) is 5.56 Å². The standard InChI is InChI=1S/C64H68OS/c1-8-61-32-12-34-62(9-2,35-13-33-61)64(61)52-36-42(5)14-22-48(52)51-24-20-46(39-55(51)64)45-19-23-49-50-25-21-47(58-27-26-57(66-58)44-17-15-43(16-18-44)37-56(65)41(3)4)40-54(50)63(53(49)38-45)59(6)28-10-30-60(63,7)31-11-29-59/h14-27,36,38-40H,3,8-13,28-35,37H2,1-2,4-7H3. The molecule has 0 atom stereocenters. The Labute approximate surface area is 399 Å². The minimum Gasteiger partial charge on any atom is -0.294 e. The molecule has 0 saturated heterocycles. The van der Waals surface area contributed by atoms with Gasteiger partial charge in [-0.25, -0.2) is 0 Å². The minimum atomic E-state index is -0.0605. The summed E-state index contributed by atoms with van der Waals surface area (Å²) in [6.45, 7) is 18.4. The fraction of sp³-hybridized carbons (Fsp3) is 0.422. The zero-order valence-electron chi connectivity index (χ0n) is 40.5. The zero-order valence-corrected chi connectivity index (χ0v) is 41.3. The van der Waals surface area contributed by atoms with Gasteiger partial charge >= 0.3 is 0 Å². The summed E-state index contributed by atoms with van der Waals surface area (Å²) in [6, 6.07) is 43.8. The topological polar surface area (TPSA) is 17.1 Å². The molecule has 6 aliphatic rings. The van der Waals surface area contributed by atoms with Crippen LogP contribution in [0, 0.1) is 28.6 Å². The Morgan fingerprint density at radius 3 is 1.42 bits per heavy atom. The van der Waals surface area contributed by atoms with Crippen LogP contribution in [0.5, 0.6) is 0 Å². The summed E-state index contributed by atoms with van der Waals surface area (Å²) in [7, 11) is 0. The normalized spacial score (nSPS) is 29.9. The predicted molar refractivity (Wildman–Crippen MR) is 278 cm³/mol. The largest absolute Gasteiger partial charge is 0.294 e. The Balaban J connectivity index is 0.996. The Hall–Kier alpha value is -4.79. The molecular weight excluding hydrogens is 817 g/mol. The first-order valence-electron chi connectivity index (χ1n) is 25.8. The number of rotatable bonds is 8. The molecule has 1 nitrogen and oxygen atoms in total. The van der Waals surface area contributed by atoms with Crippen LogP contribution in [0.4, 0.5) is 0 Å². The van der Waals surface area contributed by atoms with E-state index in [1.54, 1.807) is 29.2 Å². The fourth-order valence-corrected chi connectivity index (χ4v) is 18.3. The maximum Gasteiger partial charge on any atom is 0.162 e. The van der Waals surface area contributed by atoms with Gasteiger partial charge < -0.3 is 0 Å². The van der Waals surface area contributed by atoms with Gasteiger partial charge in [-0.05, 0) is 208 Å². The van der Waals surface area contributed by atoms with Crippen LogP contribution >= 0.6 is 11.3 Å². The van der Waals surface area contributed by atoms with Gasteiger partial charge in [0.2, 0.25) is 0 Å². The van der Waals surface area contributed by atoms with Gasteiger partial charge in [-0.1, -0.05) is 144 Å². The van der Waals surface area contributed by atoms with Crippen LogP contribution in [-0.2, 0) is 22.0 Å². The second kappa shape index (κ2) is 14.9. The van der Waals surface area contributed by atoms with Crippen LogP contribution in [0.25, 0.3) is 54.3 Å². The SMILES string of the molecule is C=C(C)C(=O)Cc1ccc(-c2ccc(-c3ccc4c(c3)C3(c5cc(-c6ccc7c(c6)C6(c8cc(C)ccc8-7)C7(CC)CCCC6(CC)CCC7)ccc5-4)C4(C)CCCC3(C)CCC4)s2)cc1. The van der Waals surface area contributed by atoms with E-state index in [0.29, 0.717) is 12.0 Å². The average molecular weight is 885 g/mol. The van der Waals surface area contributed by atoms with Crippen molar-refractivity contribution in [2.75, 3.05) is 0 Å². The van der Waals surface area contributed by atoms with Crippen molar-refractivity contribution in [3.63, 3.8) is 0 Å². The number of carbonyl (C=O) groups is 1. The highest BCUT2D eigenvalue weighted by Gasteiger charge is 2.69. The number of thiophene rings is 1. The molecule has 6 aromatic rings. The number of Topliss-reactive ketones (excluding diaryl/α,β-unsaturated/α-hetero) is 1. The third-order valence-electron chi connectivity index (χ3n) is 20.0. The molecule has 0 amide bonds. The molecular formula is C64H68OS. The first-order chi connectivity index (χ1) is 31.9. The molecule has 1 aromatic heterocycles. The molecule has 2 spiro atoms. The number of fused-ring (bicyclic) bond motifs is 6. The van der Waals surface area contributed by atoms with Gasteiger partial charge in [0.1, 0.15) is 0 Å². The molecule has 12 rings (SSSR count). The second-order valence-corrected chi connectivity index (χ2v) is 24.0. The molecule has 0 aliphatic heterocycles. The van der Waals surface area contributed by atoms with E-state index in [9.17, 15) is 4.79 Å². The van der Waals surface area contributed by atoms with Crippen LogP contribution in [0.3, 0.4) is 0 Å². The van der Waals surface area contributed by atoms with E-state index in [4.69, 9.17) is 0 Å². The summed E-state index contributed by atoms with van der Waals surface area (Å²) in [4.78, 5) is 15.0. The van der Waals surface area contributed by atoms with Crippen molar-refractivity contribution in [2.45, 2.75) is 149 Å². The van der Waals surface area contributed by atoms with E-state index in [1.165, 1.54) is 150 Å². The molecule has 5 aromatic carbocycles. The highest BCUT2D eigenvalue weighted by Crippen LogP contribution is 2.77. The quantitative estimate of drug-likeness (QED) is 0.139. The van der Waals surface area contributed by atoms with E-state index >= 15 is 0 Å². The van der Waals surface area contributed by atoms with Crippen LogP contribution in [0.2, 0.25) is 0 Å². The Morgan fingerprint density at radius 1 is 0.515 bits per heavy atom. The maximum atomic E-state index is 12.4. The van der Waals surface area contributed by atoms with Crippen molar-refractivity contribution in [2.24, 2.45) is 21.7 Å². The summed E-state index contributed by atoms with van der Waals surface area (Å²) >= 11 is 1.89. The lowest BCUT2D eigenvalue weighted by molar-refractivity contribution is -0.114. The molecule has 336 valence electrons. The summed E-state index contributed by atoms with van der Waals surface area (Å²) in [5.41, 5.74) is 21.8. The van der Waals surface area contributed by atoms with Crippen molar-refractivity contribution in [3.8, 4) is 54.3 Å². The molecule has 2 heteroatoms. The Bertz CT molecular complexity index is 2930. The Morgan fingerprint density at radius 2 is 0.924 bits per heavy atom. The molecule has 1 heterocycles. The molecule has 4 saturated carbocycles. The fourth-order valence-electron chi connectivity index (χ4n) is 17.3. The molecule has 4 bridgehead atoms. The monoisotopic (exact) mass is 884 g/mol. The first-order valence-corrected chi connectivity index (χ1v) is 26.6. The summed E-state index contributed by atoms with van der Waals surface area (Å²) in [5.74, 6) is 0.104. The van der Waals surface area contributed by atoms with Gasteiger partial charge in [0.25, 0.3) is 0 Å². The van der Waals surface area contributed by atoms with E-state index in [-0.39, 0.29) is 38.3 Å². The average Bonchev–Trinajstić information content (AvgIpc) is 4.00. The van der Waals surface area contributed by atoms with Gasteiger partial charge in [0.05, 0.1) is 0 Å². The highest BCUT2D eigenvalue weighted by atomic mass is 32.1.